The number of fused-ring (bicyclic) bond motifs is 1. The van der Waals surface area contributed by atoms with Crippen LogP contribution in [0.5, 0.6) is 0 Å². The van der Waals surface area contributed by atoms with Gasteiger partial charge in [-0.25, -0.2) is 0 Å². The summed E-state index contributed by atoms with van der Waals surface area (Å²) < 4.78 is 25.8. The van der Waals surface area contributed by atoms with Crippen molar-refractivity contribution in [3.8, 4) is 0 Å². The van der Waals surface area contributed by atoms with Gasteiger partial charge in [0.25, 0.3) is 0 Å². The van der Waals surface area contributed by atoms with Crippen LogP contribution in [0.3, 0.4) is 0 Å². The highest BCUT2D eigenvalue weighted by Crippen LogP contribution is 2.71. The average Bonchev–Trinajstić information content (AvgIpc) is 3.21. The summed E-state index contributed by atoms with van der Waals surface area (Å²) in [5.74, 6) is 0.214. The van der Waals surface area contributed by atoms with E-state index in [0.717, 1.165) is 40.9 Å². The van der Waals surface area contributed by atoms with E-state index >= 15 is 0 Å². The largest absolute Gasteiger partial charge is 0.465 e. The number of esters is 1. The zero-order valence-electron chi connectivity index (χ0n) is 21.6. The highest BCUT2D eigenvalue weighted by atomic mass is 32.2. The molecule has 2 fully saturated rings. The van der Waals surface area contributed by atoms with Crippen molar-refractivity contribution in [1.82, 2.24) is 0 Å². The first-order valence-electron chi connectivity index (χ1n) is 12.6. The summed E-state index contributed by atoms with van der Waals surface area (Å²) in [5, 5.41) is 0. The maximum Gasteiger partial charge on any atom is 0.319 e. The number of carbonyl (C=O) groups is 1. The van der Waals surface area contributed by atoms with Crippen molar-refractivity contribution in [3.05, 3.63) is 77.4 Å². The van der Waals surface area contributed by atoms with Gasteiger partial charge in [-0.1, -0.05) is 74.9 Å². The molecule has 0 spiro atoms. The fourth-order valence-electron chi connectivity index (χ4n) is 6.86. The van der Waals surface area contributed by atoms with Crippen LogP contribution in [0.25, 0.3) is 0 Å². The maximum atomic E-state index is 14.0. The summed E-state index contributed by atoms with van der Waals surface area (Å²) in [5.41, 5.74) is 1.80. The molecule has 0 aromatic heterocycles. The Bertz CT molecular complexity index is 1110. The third kappa shape index (κ3) is 4.53. The van der Waals surface area contributed by atoms with Gasteiger partial charge in [0, 0.05) is 10.6 Å². The second-order valence-corrected chi connectivity index (χ2v) is 12.4. The van der Waals surface area contributed by atoms with Gasteiger partial charge in [0.05, 0.1) is 30.1 Å². The quantitative estimate of drug-likeness (QED) is 0.311. The zero-order chi connectivity index (χ0) is 25.3. The van der Waals surface area contributed by atoms with E-state index in [1.165, 1.54) is 0 Å². The minimum Gasteiger partial charge on any atom is -0.465 e. The Kier molecular flexibility index (Phi) is 7.40. The number of hydrogen-bond donors (Lipinski definition) is 0. The van der Waals surface area contributed by atoms with Gasteiger partial charge in [-0.05, 0) is 67.2 Å². The van der Waals surface area contributed by atoms with Crippen molar-refractivity contribution in [2.24, 2.45) is 16.2 Å². The summed E-state index contributed by atoms with van der Waals surface area (Å²) in [6.45, 7) is 11.3. The summed E-state index contributed by atoms with van der Waals surface area (Å²) in [6, 6.07) is 19.7. The molecule has 2 aromatic carbocycles. The van der Waals surface area contributed by atoms with E-state index in [1.807, 2.05) is 62.4 Å². The molecule has 188 valence electrons. The second-order valence-electron chi connectivity index (χ2n) is 11.0. The lowest BCUT2D eigenvalue weighted by Gasteiger charge is -2.42. The predicted octanol–water partition coefficient (Wildman–Crippen LogP) is 6.48. The van der Waals surface area contributed by atoms with Crippen LogP contribution < -0.4 is 0 Å². The summed E-state index contributed by atoms with van der Waals surface area (Å²) in [6.07, 6.45) is 2.23. The topological polar surface area (TPSA) is 52.6 Å². The van der Waals surface area contributed by atoms with E-state index in [4.69, 9.17) is 9.47 Å². The van der Waals surface area contributed by atoms with Gasteiger partial charge in [0.1, 0.15) is 5.41 Å². The molecule has 5 heteroatoms. The molecule has 35 heavy (non-hydrogen) atoms. The Balaban J connectivity index is 1.78. The normalized spacial score (nSPS) is 29.5. The van der Waals surface area contributed by atoms with Crippen molar-refractivity contribution in [2.75, 3.05) is 12.4 Å². The van der Waals surface area contributed by atoms with Gasteiger partial charge in [-0.15, -0.1) is 0 Å². The van der Waals surface area contributed by atoms with Gasteiger partial charge in [0.15, 0.2) is 0 Å². The van der Waals surface area contributed by atoms with Gasteiger partial charge < -0.3 is 9.47 Å². The summed E-state index contributed by atoms with van der Waals surface area (Å²) in [7, 11) is -1.18. The molecule has 0 aliphatic heterocycles. The highest BCUT2D eigenvalue weighted by molar-refractivity contribution is 7.85. The molecular weight excluding hydrogens is 456 g/mol. The van der Waals surface area contributed by atoms with Gasteiger partial charge in [-0.2, -0.15) is 0 Å². The standard InChI is InChI=1S/C30H38O4S/c1-6-33-27(31)30-25(22(2)20-35(32)24-15-11-8-12-16-24)17-18-29(30,5)21-28(3,4)26(30)34-19-23-13-9-7-10-14-23/h7-16,26H,6,17-21H2,1-5H3/b25-22+/t26-,29+,30-,35-/m1/s1. The minimum atomic E-state index is -1.18. The third-order valence-corrected chi connectivity index (χ3v) is 9.52. The Hall–Kier alpha value is -2.24. The number of hydrogen-bond acceptors (Lipinski definition) is 4. The molecule has 0 radical (unpaired) electrons. The number of ether oxygens (including phenoxy) is 2. The van der Waals surface area contributed by atoms with Crippen LogP contribution in [-0.2, 0) is 31.7 Å². The van der Waals surface area contributed by atoms with E-state index < -0.39 is 16.2 Å². The molecule has 4 rings (SSSR count). The van der Waals surface area contributed by atoms with Crippen molar-refractivity contribution in [3.63, 3.8) is 0 Å². The van der Waals surface area contributed by atoms with Gasteiger partial charge >= 0.3 is 5.97 Å². The third-order valence-electron chi connectivity index (χ3n) is 8.03. The zero-order valence-corrected chi connectivity index (χ0v) is 22.5. The minimum absolute atomic E-state index is 0.191. The first kappa shape index (κ1) is 25.8. The van der Waals surface area contributed by atoms with E-state index in [-0.39, 0.29) is 22.9 Å². The molecule has 2 saturated carbocycles. The van der Waals surface area contributed by atoms with Gasteiger partial charge in [-0.3, -0.25) is 9.00 Å². The van der Waals surface area contributed by atoms with Gasteiger partial charge in [0.2, 0.25) is 0 Å². The molecule has 0 saturated heterocycles. The molecule has 0 heterocycles. The van der Waals surface area contributed by atoms with Crippen molar-refractivity contribution < 1.29 is 18.5 Å². The molecule has 4 nitrogen and oxygen atoms in total. The lowest BCUT2D eigenvalue weighted by molar-refractivity contribution is -0.170. The van der Waals surface area contributed by atoms with Crippen LogP contribution in [0.15, 0.2) is 76.7 Å². The molecular formula is C30H38O4S. The van der Waals surface area contributed by atoms with E-state index in [1.54, 1.807) is 0 Å². The molecule has 0 amide bonds. The summed E-state index contributed by atoms with van der Waals surface area (Å²) in [4.78, 5) is 14.8. The fourth-order valence-corrected chi connectivity index (χ4v) is 8.06. The van der Waals surface area contributed by atoms with Crippen LogP contribution in [0.1, 0.15) is 59.4 Å². The Morgan fingerprint density at radius 3 is 2.29 bits per heavy atom. The van der Waals surface area contributed by atoms with Crippen LogP contribution in [-0.4, -0.2) is 28.6 Å². The molecule has 2 aliphatic rings. The van der Waals surface area contributed by atoms with E-state index in [9.17, 15) is 9.00 Å². The van der Waals surface area contributed by atoms with Crippen LogP contribution in [0.4, 0.5) is 0 Å². The van der Waals surface area contributed by atoms with Crippen LogP contribution >= 0.6 is 0 Å². The van der Waals surface area contributed by atoms with E-state index in [2.05, 4.69) is 32.9 Å². The van der Waals surface area contributed by atoms with Crippen molar-refractivity contribution in [1.29, 1.82) is 0 Å². The summed E-state index contributed by atoms with van der Waals surface area (Å²) >= 11 is 0. The lowest BCUT2D eigenvalue weighted by Crippen LogP contribution is -2.51. The molecule has 4 atom stereocenters. The first-order chi connectivity index (χ1) is 16.7. The molecule has 0 N–H and O–H groups in total. The van der Waals surface area contributed by atoms with Crippen LogP contribution in [0.2, 0.25) is 0 Å². The van der Waals surface area contributed by atoms with Crippen molar-refractivity contribution in [2.45, 2.75) is 71.5 Å². The number of rotatable bonds is 8. The molecule has 0 bridgehead atoms. The second kappa shape index (κ2) is 10.0. The van der Waals surface area contributed by atoms with Crippen LogP contribution in [0, 0.1) is 16.2 Å². The van der Waals surface area contributed by atoms with E-state index in [0.29, 0.717) is 19.0 Å². The number of benzene rings is 2. The Morgan fingerprint density at radius 1 is 1.03 bits per heavy atom. The fraction of sp³-hybridized carbons (Fsp3) is 0.500. The molecule has 2 aliphatic carbocycles. The number of carbonyl (C=O) groups excluding carboxylic acids is 1. The average molecular weight is 495 g/mol. The lowest BCUT2D eigenvalue weighted by atomic mass is 9.65. The maximum absolute atomic E-state index is 14.0. The monoisotopic (exact) mass is 494 g/mol. The smallest absolute Gasteiger partial charge is 0.319 e. The first-order valence-corrected chi connectivity index (χ1v) is 13.9. The SMILES string of the molecule is CCOC(=O)[C@]12/C(=C(\C)C[S@@](=O)c3ccccc3)CC[C@@]1(C)CC(C)(C)[C@H]2OCc1ccccc1. The molecule has 2 aromatic rings. The van der Waals surface area contributed by atoms with Crippen molar-refractivity contribution >= 4 is 16.8 Å². The Morgan fingerprint density at radius 2 is 1.66 bits per heavy atom. The molecule has 0 unspecified atom stereocenters. The Labute approximate surface area is 212 Å². The predicted molar refractivity (Wildman–Crippen MR) is 140 cm³/mol. The highest BCUT2D eigenvalue weighted by Gasteiger charge is 2.73.